The van der Waals surface area contributed by atoms with Gasteiger partial charge in [0.1, 0.15) is 0 Å². The summed E-state index contributed by atoms with van der Waals surface area (Å²) in [4.78, 5) is 27.0. The SMILES string of the molecule is CC1(C)CC(N2C(=O)C3C=CCCC3C2=O)CC(C)(C)N1. The lowest BCUT2D eigenvalue weighted by molar-refractivity contribution is -0.144. The molecule has 2 aliphatic heterocycles. The zero-order chi connectivity index (χ0) is 15.4. The van der Waals surface area contributed by atoms with Gasteiger partial charge in [0.25, 0.3) is 0 Å². The van der Waals surface area contributed by atoms with Gasteiger partial charge in [0.15, 0.2) is 0 Å². The van der Waals surface area contributed by atoms with Crippen LogP contribution in [0.5, 0.6) is 0 Å². The van der Waals surface area contributed by atoms with Gasteiger partial charge in [0.2, 0.25) is 11.8 Å². The fraction of sp³-hybridized carbons (Fsp3) is 0.765. The van der Waals surface area contributed by atoms with Crippen LogP contribution in [0.2, 0.25) is 0 Å². The van der Waals surface area contributed by atoms with Gasteiger partial charge >= 0.3 is 0 Å². The first-order valence-electron chi connectivity index (χ1n) is 8.03. The van der Waals surface area contributed by atoms with Gasteiger partial charge < -0.3 is 5.32 Å². The Balaban J connectivity index is 1.88. The average molecular weight is 290 g/mol. The molecule has 2 amide bonds. The Morgan fingerprint density at radius 2 is 1.71 bits per heavy atom. The zero-order valence-electron chi connectivity index (χ0n) is 13.5. The van der Waals surface area contributed by atoms with Crippen molar-refractivity contribution in [3.8, 4) is 0 Å². The van der Waals surface area contributed by atoms with Gasteiger partial charge in [-0.05, 0) is 53.4 Å². The molecule has 4 heteroatoms. The Morgan fingerprint density at radius 3 is 2.29 bits per heavy atom. The number of piperidine rings is 1. The Bertz CT molecular complexity index is 491. The smallest absolute Gasteiger partial charge is 0.237 e. The highest BCUT2D eigenvalue weighted by Crippen LogP contribution is 2.40. The van der Waals surface area contributed by atoms with E-state index in [2.05, 4.69) is 33.0 Å². The number of allylic oxidation sites excluding steroid dienone is 1. The number of hydrogen-bond acceptors (Lipinski definition) is 3. The van der Waals surface area contributed by atoms with Crippen molar-refractivity contribution in [1.29, 1.82) is 0 Å². The van der Waals surface area contributed by atoms with Gasteiger partial charge in [-0.2, -0.15) is 0 Å². The number of carbonyl (C=O) groups excluding carboxylic acids is 2. The van der Waals surface area contributed by atoms with Gasteiger partial charge in [-0.3, -0.25) is 14.5 Å². The lowest BCUT2D eigenvalue weighted by atomic mass is 9.79. The number of amides is 2. The number of fused-ring (bicyclic) bond motifs is 1. The van der Waals surface area contributed by atoms with E-state index < -0.39 is 0 Å². The maximum absolute atomic E-state index is 12.7. The van der Waals surface area contributed by atoms with Crippen LogP contribution >= 0.6 is 0 Å². The second-order valence-corrected chi connectivity index (χ2v) is 8.14. The summed E-state index contributed by atoms with van der Waals surface area (Å²) in [7, 11) is 0. The molecule has 2 fully saturated rings. The van der Waals surface area contributed by atoms with Crippen LogP contribution < -0.4 is 5.32 Å². The molecule has 0 spiro atoms. The van der Waals surface area contributed by atoms with Gasteiger partial charge in [-0.25, -0.2) is 0 Å². The van der Waals surface area contributed by atoms with E-state index in [0.29, 0.717) is 0 Å². The first-order chi connectivity index (χ1) is 9.70. The molecule has 116 valence electrons. The van der Waals surface area contributed by atoms with Crippen LogP contribution in [-0.4, -0.2) is 33.8 Å². The molecule has 0 aromatic rings. The molecule has 1 N–H and O–H groups in total. The van der Waals surface area contributed by atoms with Crippen molar-refractivity contribution in [2.24, 2.45) is 11.8 Å². The van der Waals surface area contributed by atoms with E-state index in [1.165, 1.54) is 0 Å². The molecule has 21 heavy (non-hydrogen) atoms. The summed E-state index contributed by atoms with van der Waals surface area (Å²) in [6.45, 7) is 8.61. The van der Waals surface area contributed by atoms with Crippen molar-refractivity contribution in [3.63, 3.8) is 0 Å². The molecule has 4 nitrogen and oxygen atoms in total. The van der Waals surface area contributed by atoms with Gasteiger partial charge in [-0.1, -0.05) is 12.2 Å². The van der Waals surface area contributed by atoms with E-state index in [1.807, 2.05) is 12.2 Å². The summed E-state index contributed by atoms with van der Waals surface area (Å²) in [6, 6.07) is 0.0234. The highest BCUT2D eigenvalue weighted by Gasteiger charge is 2.52. The topological polar surface area (TPSA) is 49.4 Å². The van der Waals surface area contributed by atoms with Crippen molar-refractivity contribution in [2.45, 2.75) is 70.5 Å². The second kappa shape index (κ2) is 4.67. The van der Waals surface area contributed by atoms with Crippen molar-refractivity contribution in [1.82, 2.24) is 10.2 Å². The standard InChI is InChI=1S/C17H26N2O2/c1-16(2)9-11(10-17(3,4)18-16)19-14(20)12-7-5-6-8-13(12)15(19)21/h5,7,11-13,18H,6,8-10H2,1-4H3. The fourth-order valence-corrected chi connectivity index (χ4v) is 4.62. The summed E-state index contributed by atoms with van der Waals surface area (Å²) < 4.78 is 0. The predicted molar refractivity (Wildman–Crippen MR) is 81.5 cm³/mol. The first kappa shape index (κ1) is 14.8. The second-order valence-electron chi connectivity index (χ2n) is 8.14. The van der Waals surface area contributed by atoms with Crippen molar-refractivity contribution in [2.75, 3.05) is 0 Å². The Labute approximate surface area is 127 Å². The van der Waals surface area contributed by atoms with Gasteiger partial charge in [0.05, 0.1) is 11.8 Å². The Hall–Kier alpha value is -1.16. The number of nitrogens with one attached hydrogen (secondary N) is 1. The monoisotopic (exact) mass is 290 g/mol. The normalized spacial score (nSPS) is 35.1. The molecule has 0 bridgehead atoms. The number of rotatable bonds is 1. The number of carbonyl (C=O) groups is 2. The van der Waals surface area contributed by atoms with Crippen molar-refractivity contribution < 1.29 is 9.59 Å². The van der Waals surface area contributed by atoms with Crippen LogP contribution in [0.3, 0.4) is 0 Å². The molecule has 3 rings (SSSR count). The first-order valence-corrected chi connectivity index (χ1v) is 8.03. The summed E-state index contributed by atoms with van der Waals surface area (Å²) >= 11 is 0. The minimum absolute atomic E-state index is 0.0234. The van der Waals surface area contributed by atoms with Crippen molar-refractivity contribution >= 4 is 11.8 Å². The third-order valence-corrected chi connectivity index (χ3v) is 5.03. The fourth-order valence-electron chi connectivity index (χ4n) is 4.62. The van der Waals surface area contributed by atoms with Crippen molar-refractivity contribution in [3.05, 3.63) is 12.2 Å². The highest BCUT2D eigenvalue weighted by atomic mass is 16.2. The quantitative estimate of drug-likeness (QED) is 0.595. The van der Waals surface area contributed by atoms with E-state index in [1.54, 1.807) is 4.90 Å². The molecule has 3 aliphatic rings. The minimum Gasteiger partial charge on any atom is -0.307 e. The Morgan fingerprint density at radius 1 is 1.10 bits per heavy atom. The molecular formula is C17H26N2O2. The third-order valence-electron chi connectivity index (χ3n) is 5.03. The molecule has 0 aromatic carbocycles. The van der Waals surface area contributed by atoms with Crippen LogP contribution in [0.4, 0.5) is 0 Å². The maximum Gasteiger partial charge on any atom is 0.237 e. The molecule has 2 unspecified atom stereocenters. The average Bonchev–Trinajstić information content (AvgIpc) is 2.59. The number of likely N-dealkylation sites (tertiary alicyclic amines) is 1. The summed E-state index contributed by atoms with van der Waals surface area (Å²) in [5.41, 5.74) is -0.118. The molecule has 0 aromatic heterocycles. The lowest BCUT2D eigenvalue weighted by Gasteiger charge is -2.48. The number of hydrogen-bond donors (Lipinski definition) is 1. The molecule has 0 radical (unpaired) electrons. The molecule has 1 aliphatic carbocycles. The summed E-state index contributed by atoms with van der Waals surface area (Å²) in [5, 5.41) is 3.61. The summed E-state index contributed by atoms with van der Waals surface area (Å²) in [5.74, 6) is -0.219. The van der Waals surface area contributed by atoms with E-state index in [4.69, 9.17) is 0 Å². The van der Waals surface area contributed by atoms with Crippen LogP contribution in [0, 0.1) is 11.8 Å². The van der Waals surface area contributed by atoms with E-state index in [0.717, 1.165) is 25.7 Å². The molecule has 2 atom stereocenters. The van der Waals surface area contributed by atoms with Crippen LogP contribution in [0.1, 0.15) is 53.4 Å². The molecule has 0 saturated carbocycles. The maximum atomic E-state index is 12.7. The van der Waals surface area contributed by atoms with Crippen LogP contribution in [0.15, 0.2) is 12.2 Å². The van der Waals surface area contributed by atoms with Gasteiger partial charge in [-0.15, -0.1) is 0 Å². The molecule has 2 saturated heterocycles. The molecule has 2 heterocycles. The van der Waals surface area contributed by atoms with E-state index in [9.17, 15) is 9.59 Å². The highest BCUT2D eigenvalue weighted by molar-refractivity contribution is 6.06. The minimum atomic E-state index is -0.202. The van der Waals surface area contributed by atoms with E-state index >= 15 is 0 Å². The number of nitrogens with zero attached hydrogens (tertiary/aromatic N) is 1. The largest absolute Gasteiger partial charge is 0.307 e. The van der Waals surface area contributed by atoms with Crippen LogP contribution in [0.25, 0.3) is 0 Å². The third kappa shape index (κ3) is 2.54. The Kier molecular flexibility index (Phi) is 3.28. The number of imide groups is 1. The van der Waals surface area contributed by atoms with E-state index in [-0.39, 0.29) is 40.8 Å². The molecular weight excluding hydrogens is 264 g/mol. The lowest BCUT2D eigenvalue weighted by Crippen LogP contribution is -2.63. The predicted octanol–water partition coefficient (Wildman–Crippen LogP) is 2.25. The zero-order valence-corrected chi connectivity index (χ0v) is 13.5. The summed E-state index contributed by atoms with van der Waals surface area (Å²) in [6.07, 6.45) is 7.39. The van der Waals surface area contributed by atoms with Gasteiger partial charge in [0, 0.05) is 17.1 Å². The van der Waals surface area contributed by atoms with Crippen LogP contribution in [-0.2, 0) is 9.59 Å².